The fraction of sp³-hybridized carbons (Fsp3) is 0.176. The molecule has 2 aromatic carbocycles. The van der Waals surface area contributed by atoms with Crippen molar-refractivity contribution >= 4 is 28.6 Å². The molecule has 22 heavy (non-hydrogen) atoms. The molecule has 5 heteroatoms. The highest BCUT2D eigenvalue weighted by Crippen LogP contribution is 2.27. The molecule has 0 aliphatic rings. The van der Waals surface area contributed by atoms with E-state index in [0.717, 1.165) is 23.2 Å². The van der Waals surface area contributed by atoms with Crippen molar-refractivity contribution in [3.63, 3.8) is 0 Å². The first-order valence-electron chi connectivity index (χ1n) is 7.37. The van der Waals surface area contributed by atoms with Crippen LogP contribution in [-0.4, -0.2) is 19.2 Å². The Morgan fingerprint density at radius 3 is 2.41 bits per heavy atom. The highest BCUT2D eigenvalue weighted by Gasteiger charge is 2.15. The molecule has 110 valence electrons. The van der Waals surface area contributed by atoms with Crippen molar-refractivity contribution in [2.45, 2.75) is 24.4 Å². The van der Waals surface area contributed by atoms with Crippen molar-refractivity contribution in [1.82, 2.24) is 19.2 Å². The largest absolute Gasteiger partial charge is 0.309 e. The van der Waals surface area contributed by atoms with Gasteiger partial charge in [-0.25, -0.2) is 0 Å². The monoisotopic (exact) mass is 308 g/mol. The fourth-order valence-corrected chi connectivity index (χ4v) is 3.66. The molecule has 0 saturated heterocycles. The fourth-order valence-electron chi connectivity index (χ4n) is 2.76. The van der Waals surface area contributed by atoms with E-state index in [4.69, 9.17) is 0 Å². The third kappa shape index (κ3) is 2.09. The van der Waals surface area contributed by atoms with E-state index in [1.165, 1.54) is 16.6 Å². The van der Waals surface area contributed by atoms with Gasteiger partial charge in [0.15, 0.2) is 5.16 Å². The van der Waals surface area contributed by atoms with Crippen molar-refractivity contribution in [3.05, 3.63) is 60.2 Å². The van der Waals surface area contributed by atoms with Crippen LogP contribution in [0.2, 0.25) is 0 Å². The summed E-state index contributed by atoms with van der Waals surface area (Å²) in [6.45, 7) is 3.02. The molecule has 0 radical (unpaired) electrons. The molecule has 0 bridgehead atoms. The molecule has 4 rings (SSSR count). The molecule has 2 aromatic heterocycles. The van der Waals surface area contributed by atoms with Gasteiger partial charge in [0.2, 0.25) is 5.78 Å². The predicted molar refractivity (Wildman–Crippen MR) is 90.2 cm³/mol. The summed E-state index contributed by atoms with van der Waals surface area (Å²) >= 11 is 1.72. The van der Waals surface area contributed by atoms with Gasteiger partial charge in [-0.2, -0.15) is 0 Å². The van der Waals surface area contributed by atoms with Crippen LogP contribution < -0.4 is 0 Å². The van der Waals surface area contributed by atoms with E-state index < -0.39 is 0 Å². The average molecular weight is 308 g/mol. The lowest BCUT2D eigenvalue weighted by Crippen LogP contribution is -1.94. The molecule has 0 atom stereocenters. The van der Waals surface area contributed by atoms with Gasteiger partial charge in [-0.05, 0) is 24.6 Å². The van der Waals surface area contributed by atoms with E-state index in [2.05, 4.69) is 74.6 Å². The number of thioether (sulfide) groups is 1. The summed E-state index contributed by atoms with van der Waals surface area (Å²) in [5.74, 6) is 1.81. The third-order valence-corrected chi connectivity index (χ3v) is 4.80. The summed E-state index contributed by atoms with van der Waals surface area (Å²) in [7, 11) is 0. The number of aryl methyl sites for hydroxylation is 1. The molecule has 0 N–H and O–H groups in total. The minimum Gasteiger partial charge on any atom is -0.309 e. The van der Waals surface area contributed by atoms with Crippen LogP contribution in [0.3, 0.4) is 0 Å². The van der Waals surface area contributed by atoms with Gasteiger partial charge < -0.3 is 4.57 Å². The van der Waals surface area contributed by atoms with Gasteiger partial charge in [-0.1, -0.05) is 54.2 Å². The summed E-state index contributed by atoms with van der Waals surface area (Å²) in [6, 6.07) is 18.9. The zero-order valence-electron chi connectivity index (χ0n) is 12.3. The number of rotatable bonds is 4. The Morgan fingerprint density at radius 2 is 1.64 bits per heavy atom. The lowest BCUT2D eigenvalue weighted by Gasteiger charge is -1.99. The van der Waals surface area contributed by atoms with Crippen molar-refractivity contribution in [1.29, 1.82) is 0 Å². The Labute approximate surface area is 132 Å². The molecule has 0 spiro atoms. The van der Waals surface area contributed by atoms with Gasteiger partial charge in [0.1, 0.15) is 0 Å². The number of aromatic nitrogens is 4. The van der Waals surface area contributed by atoms with E-state index >= 15 is 0 Å². The molecule has 0 fully saturated rings. The first kappa shape index (κ1) is 13.4. The topological polar surface area (TPSA) is 35.1 Å². The summed E-state index contributed by atoms with van der Waals surface area (Å²) < 4.78 is 4.36. The van der Waals surface area contributed by atoms with Gasteiger partial charge in [0, 0.05) is 12.3 Å². The first-order valence-corrected chi connectivity index (χ1v) is 8.36. The Bertz CT molecular complexity index is 924. The lowest BCUT2D eigenvalue weighted by molar-refractivity contribution is 0.802. The Kier molecular flexibility index (Phi) is 3.35. The summed E-state index contributed by atoms with van der Waals surface area (Å²) in [5, 5.41) is 9.72. The Morgan fingerprint density at radius 1 is 0.909 bits per heavy atom. The molecule has 2 heterocycles. The SMILES string of the molecule is CCn1c2ccccc2n2c(SCc3ccccc3)nnc12. The zero-order valence-corrected chi connectivity index (χ0v) is 13.1. The summed E-state index contributed by atoms with van der Waals surface area (Å²) in [5.41, 5.74) is 3.67. The molecule has 4 nitrogen and oxygen atoms in total. The van der Waals surface area contributed by atoms with Crippen LogP contribution in [0, 0.1) is 0 Å². The maximum atomic E-state index is 4.39. The van der Waals surface area contributed by atoms with Crippen LogP contribution >= 0.6 is 11.8 Å². The number of hydrogen-bond donors (Lipinski definition) is 0. The predicted octanol–water partition coefficient (Wildman–Crippen LogP) is 4.00. The third-order valence-electron chi connectivity index (χ3n) is 3.80. The first-order chi connectivity index (χ1) is 10.9. The van der Waals surface area contributed by atoms with Crippen LogP contribution in [-0.2, 0) is 12.3 Å². The van der Waals surface area contributed by atoms with E-state index in [1.54, 1.807) is 11.8 Å². The minimum absolute atomic E-state index is 0.887. The number of para-hydroxylation sites is 2. The highest BCUT2D eigenvalue weighted by molar-refractivity contribution is 7.98. The van der Waals surface area contributed by atoms with Crippen LogP contribution in [0.1, 0.15) is 12.5 Å². The van der Waals surface area contributed by atoms with E-state index in [-0.39, 0.29) is 0 Å². The van der Waals surface area contributed by atoms with Crippen LogP contribution in [0.15, 0.2) is 59.8 Å². The second kappa shape index (κ2) is 5.50. The molecule has 0 aliphatic carbocycles. The van der Waals surface area contributed by atoms with Crippen molar-refractivity contribution < 1.29 is 0 Å². The highest BCUT2D eigenvalue weighted by atomic mass is 32.2. The normalized spacial score (nSPS) is 11.5. The Balaban J connectivity index is 1.79. The number of hydrogen-bond acceptors (Lipinski definition) is 3. The smallest absolute Gasteiger partial charge is 0.237 e. The molecule has 0 saturated carbocycles. The molecular formula is C17H16N4S. The second-order valence-corrected chi connectivity index (χ2v) is 6.07. The van der Waals surface area contributed by atoms with E-state index in [0.29, 0.717) is 0 Å². The van der Waals surface area contributed by atoms with E-state index in [1.807, 2.05) is 6.07 Å². The second-order valence-electron chi connectivity index (χ2n) is 5.13. The minimum atomic E-state index is 0.887. The van der Waals surface area contributed by atoms with Crippen molar-refractivity contribution in [3.8, 4) is 0 Å². The summed E-state index contributed by atoms with van der Waals surface area (Å²) in [4.78, 5) is 0. The summed E-state index contributed by atoms with van der Waals surface area (Å²) in [6.07, 6.45) is 0. The number of imidazole rings is 1. The molecule has 0 amide bonds. The van der Waals surface area contributed by atoms with Crippen LogP contribution in [0.5, 0.6) is 0 Å². The average Bonchev–Trinajstić information content (AvgIpc) is 3.12. The maximum absolute atomic E-state index is 4.39. The molecular weight excluding hydrogens is 292 g/mol. The van der Waals surface area contributed by atoms with Crippen molar-refractivity contribution in [2.75, 3.05) is 0 Å². The molecule has 4 aromatic rings. The standard InChI is InChI=1S/C17H16N4S/c1-2-20-14-10-6-7-11-15(14)21-16(20)18-19-17(21)22-12-13-8-4-3-5-9-13/h3-11H,2,12H2,1H3. The van der Waals surface area contributed by atoms with Gasteiger partial charge in [-0.3, -0.25) is 4.40 Å². The quantitative estimate of drug-likeness (QED) is 0.535. The number of nitrogens with zero attached hydrogens (tertiary/aromatic N) is 4. The lowest BCUT2D eigenvalue weighted by atomic mass is 10.2. The zero-order chi connectivity index (χ0) is 14.9. The van der Waals surface area contributed by atoms with Gasteiger partial charge in [0.25, 0.3) is 0 Å². The van der Waals surface area contributed by atoms with E-state index in [9.17, 15) is 0 Å². The van der Waals surface area contributed by atoms with Crippen LogP contribution in [0.25, 0.3) is 16.8 Å². The van der Waals surface area contributed by atoms with Gasteiger partial charge in [0.05, 0.1) is 11.0 Å². The Hall–Kier alpha value is -2.27. The number of fused-ring (bicyclic) bond motifs is 3. The molecule has 0 unspecified atom stereocenters. The maximum Gasteiger partial charge on any atom is 0.237 e. The van der Waals surface area contributed by atoms with Crippen molar-refractivity contribution in [2.24, 2.45) is 0 Å². The molecule has 0 aliphatic heterocycles. The van der Waals surface area contributed by atoms with Gasteiger partial charge >= 0.3 is 0 Å². The number of benzene rings is 2. The van der Waals surface area contributed by atoms with Crippen LogP contribution in [0.4, 0.5) is 0 Å². The van der Waals surface area contributed by atoms with Gasteiger partial charge in [-0.15, -0.1) is 10.2 Å².